The Bertz CT molecular complexity index is 838. The molecule has 9 heteroatoms. The van der Waals surface area contributed by atoms with E-state index >= 15 is 0 Å². The van der Waals surface area contributed by atoms with Gasteiger partial charge in [-0.05, 0) is 36.8 Å². The van der Waals surface area contributed by atoms with Crippen molar-refractivity contribution in [3.63, 3.8) is 0 Å². The van der Waals surface area contributed by atoms with Crippen LogP contribution in [-0.4, -0.2) is 79.1 Å². The van der Waals surface area contributed by atoms with Gasteiger partial charge < -0.3 is 24.3 Å². The van der Waals surface area contributed by atoms with Crippen molar-refractivity contribution in [2.75, 3.05) is 52.5 Å². The van der Waals surface area contributed by atoms with E-state index in [-0.39, 0.29) is 37.4 Å². The number of carbonyl (C=O) groups excluding carboxylic acids is 2. The molecule has 0 saturated carbocycles. The van der Waals surface area contributed by atoms with E-state index in [9.17, 15) is 14.0 Å². The molecule has 0 radical (unpaired) electrons. The predicted molar refractivity (Wildman–Crippen MR) is 117 cm³/mol. The van der Waals surface area contributed by atoms with Crippen LogP contribution in [0.25, 0.3) is 0 Å². The molecular formula is C23H31FN4O4. The molecule has 8 nitrogen and oxygen atoms in total. The van der Waals surface area contributed by atoms with E-state index in [1.54, 1.807) is 40.3 Å². The first-order valence-corrected chi connectivity index (χ1v) is 10.9. The molecule has 2 aromatic rings. The van der Waals surface area contributed by atoms with Gasteiger partial charge in [-0.2, -0.15) is 0 Å². The molecule has 3 amide bonds. The number of nitrogens with zero attached hydrogens (tertiary/aromatic N) is 3. The third-order valence-corrected chi connectivity index (χ3v) is 5.30. The minimum atomic E-state index is -0.330. The average Bonchev–Trinajstić information content (AvgIpc) is 3.31. The smallest absolute Gasteiger partial charge is 0.317 e. The molecule has 0 spiro atoms. The van der Waals surface area contributed by atoms with Gasteiger partial charge in [-0.3, -0.25) is 9.69 Å². The van der Waals surface area contributed by atoms with Gasteiger partial charge in [0.2, 0.25) is 5.91 Å². The van der Waals surface area contributed by atoms with Crippen molar-refractivity contribution in [2.45, 2.75) is 20.0 Å². The highest BCUT2D eigenvalue weighted by atomic mass is 19.1. The van der Waals surface area contributed by atoms with Crippen LogP contribution in [0.1, 0.15) is 18.2 Å². The molecule has 0 bridgehead atoms. The monoisotopic (exact) mass is 446 g/mol. The largest absolute Gasteiger partial charge is 0.467 e. The highest BCUT2D eigenvalue weighted by molar-refractivity contribution is 5.84. The van der Waals surface area contributed by atoms with Crippen LogP contribution in [0.15, 0.2) is 47.1 Å². The number of carbonyl (C=O) groups is 2. The van der Waals surface area contributed by atoms with Crippen molar-refractivity contribution in [3.8, 4) is 0 Å². The van der Waals surface area contributed by atoms with Crippen LogP contribution >= 0.6 is 0 Å². The topological polar surface area (TPSA) is 78.3 Å². The summed E-state index contributed by atoms with van der Waals surface area (Å²) in [5.41, 5.74) is 0.796. The molecular weight excluding hydrogens is 415 g/mol. The highest BCUT2D eigenvalue weighted by Crippen LogP contribution is 2.13. The predicted octanol–water partition coefficient (Wildman–Crippen LogP) is 2.31. The van der Waals surface area contributed by atoms with Crippen molar-refractivity contribution in [3.05, 3.63) is 59.8 Å². The molecule has 3 rings (SSSR count). The number of morpholine rings is 1. The Kier molecular flexibility index (Phi) is 9.06. The standard InChI is InChI=1S/C23H31FN4O4/c1-2-25-23(30)27(10-9-26-11-14-31-15-12-26)18-22(29)28(17-21-4-3-13-32-21)16-19-5-7-20(24)8-6-19/h3-8,13H,2,9-12,14-18H2,1H3,(H,25,30). The van der Waals surface area contributed by atoms with Crippen LogP contribution in [-0.2, 0) is 22.6 Å². The van der Waals surface area contributed by atoms with Crippen molar-refractivity contribution < 1.29 is 23.1 Å². The third kappa shape index (κ3) is 7.35. The Morgan fingerprint density at radius 1 is 1.09 bits per heavy atom. The Hall–Kier alpha value is -2.91. The van der Waals surface area contributed by atoms with Gasteiger partial charge >= 0.3 is 6.03 Å². The van der Waals surface area contributed by atoms with E-state index in [2.05, 4.69) is 10.2 Å². The first-order valence-electron chi connectivity index (χ1n) is 10.9. The van der Waals surface area contributed by atoms with E-state index < -0.39 is 0 Å². The SMILES string of the molecule is CCNC(=O)N(CCN1CCOCC1)CC(=O)N(Cc1ccc(F)cc1)Cc1ccco1. The lowest BCUT2D eigenvalue weighted by Gasteiger charge is -2.31. The van der Waals surface area contributed by atoms with Gasteiger partial charge in [-0.15, -0.1) is 0 Å². The number of halogens is 1. The van der Waals surface area contributed by atoms with Crippen LogP contribution in [0.5, 0.6) is 0 Å². The van der Waals surface area contributed by atoms with Crippen LogP contribution < -0.4 is 5.32 Å². The Morgan fingerprint density at radius 2 is 1.84 bits per heavy atom. The van der Waals surface area contributed by atoms with Gasteiger partial charge in [0.1, 0.15) is 18.1 Å². The van der Waals surface area contributed by atoms with E-state index in [4.69, 9.17) is 9.15 Å². The molecule has 32 heavy (non-hydrogen) atoms. The summed E-state index contributed by atoms with van der Waals surface area (Å²) >= 11 is 0. The second kappa shape index (κ2) is 12.2. The minimum Gasteiger partial charge on any atom is -0.467 e. The molecule has 1 N–H and O–H groups in total. The zero-order valence-electron chi connectivity index (χ0n) is 18.5. The minimum absolute atomic E-state index is 0.0575. The summed E-state index contributed by atoms with van der Waals surface area (Å²) in [5.74, 6) is 0.0977. The average molecular weight is 447 g/mol. The number of amides is 3. The number of hydrogen-bond acceptors (Lipinski definition) is 5. The molecule has 0 unspecified atom stereocenters. The van der Waals surface area contributed by atoms with E-state index in [0.717, 1.165) is 18.7 Å². The lowest BCUT2D eigenvalue weighted by molar-refractivity contribution is -0.133. The maximum atomic E-state index is 13.3. The zero-order chi connectivity index (χ0) is 22.8. The molecule has 1 fully saturated rings. The molecule has 1 saturated heterocycles. The number of urea groups is 1. The van der Waals surface area contributed by atoms with Gasteiger partial charge in [-0.1, -0.05) is 12.1 Å². The number of hydrogen-bond donors (Lipinski definition) is 1. The van der Waals surface area contributed by atoms with Crippen molar-refractivity contribution in [1.82, 2.24) is 20.0 Å². The Balaban J connectivity index is 1.68. The lowest BCUT2D eigenvalue weighted by atomic mass is 10.2. The first-order chi connectivity index (χ1) is 15.5. The van der Waals surface area contributed by atoms with E-state index in [0.29, 0.717) is 38.6 Å². The number of benzene rings is 1. The zero-order valence-corrected chi connectivity index (χ0v) is 18.5. The molecule has 1 aliphatic rings. The lowest BCUT2D eigenvalue weighted by Crippen LogP contribution is -2.49. The van der Waals surface area contributed by atoms with Gasteiger partial charge in [0.05, 0.1) is 26.0 Å². The van der Waals surface area contributed by atoms with Crippen molar-refractivity contribution >= 4 is 11.9 Å². The molecule has 1 aromatic carbocycles. The molecule has 0 aliphatic carbocycles. The molecule has 1 aliphatic heterocycles. The van der Waals surface area contributed by atoms with Crippen LogP contribution in [0.4, 0.5) is 9.18 Å². The summed E-state index contributed by atoms with van der Waals surface area (Å²) in [6.07, 6.45) is 1.55. The van der Waals surface area contributed by atoms with Gasteiger partial charge in [0, 0.05) is 39.3 Å². The molecule has 174 valence electrons. The Morgan fingerprint density at radius 3 is 2.50 bits per heavy atom. The van der Waals surface area contributed by atoms with Crippen LogP contribution in [0, 0.1) is 5.82 Å². The number of ether oxygens (including phenoxy) is 1. The quantitative estimate of drug-likeness (QED) is 0.606. The third-order valence-electron chi connectivity index (χ3n) is 5.30. The van der Waals surface area contributed by atoms with Crippen LogP contribution in [0.3, 0.4) is 0 Å². The normalized spacial score (nSPS) is 14.2. The number of nitrogens with one attached hydrogen (secondary N) is 1. The fourth-order valence-corrected chi connectivity index (χ4v) is 3.50. The summed E-state index contributed by atoms with van der Waals surface area (Å²) < 4.78 is 24.1. The van der Waals surface area contributed by atoms with Crippen molar-refractivity contribution in [2.24, 2.45) is 0 Å². The van der Waals surface area contributed by atoms with Gasteiger partial charge in [0.15, 0.2) is 0 Å². The second-order valence-corrected chi connectivity index (χ2v) is 7.67. The van der Waals surface area contributed by atoms with E-state index in [1.807, 2.05) is 6.92 Å². The van der Waals surface area contributed by atoms with Gasteiger partial charge in [0.25, 0.3) is 0 Å². The molecule has 0 atom stereocenters. The summed E-state index contributed by atoms with van der Waals surface area (Å²) in [6.45, 7) is 6.89. The van der Waals surface area contributed by atoms with E-state index in [1.165, 1.54) is 12.1 Å². The fourth-order valence-electron chi connectivity index (χ4n) is 3.50. The fraction of sp³-hybridized carbons (Fsp3) is 0.478. The summed E-state index contributed by atoms with van der Waals surface area (Å²) in [7, 11) is 0. The summed E-state index contributed by atoms with van der Waals surface area (Å²) in [4.78, 5) is 31.3. The maximum absolute atomic E-state index is 13.3. The maximum Gasteiger partial charge on any atom is 0.317 e. The molecule has 1 aromatic heterocycles. The number of rotatable bonds is 10. The Labute approximate surface area is 187 Å². The summed E-state index contributed by atoms with van der Waals surface area (Å²) in [5, 5.41) is 2.79. The molecule has 2 heterocycles. The van der Waals surface area contributed by atoms with Gasteiger partial charge in [-0.25, -0.2) is 9.18 Å². The van der Waals surface area contributed by atoms with Crippen molar-refractivity contribution in [1.29, 1.82) is 0 Å². The first kappa shape index (κ1) is 23.7. The second-order valence-electron chi connectivity index (χ2n) is 7.67. The number of furan rings is 1. The summed E-state index contributed by atoms with van der Waals surface area (Å²) in [6, 6.07) is 9.33. The van der Waals surface area contributed by atoms with Crippen LogP contribution in [0.2, 0.25) is 0 Å². The highest BCUT2D eigenvalue weighted by Gasteiger charge is 2.23.